The first-order chi connectivity index (χ1) is 13.6. The number of nitrogens with two attached hydrogens (primary N) is 1. The van der Waals surface area contributed by atoms with Crippen molar-refractivity contribution in [2.75, 3.05) is 6.54 Å². The fourth-order valence-corrected chi connectivity index (χ4v) is 4.01. The van der Waals surface area contributed by atoms with Gasteiger partial charge in [0.15, 0.2) is 0 Å². The van der Waals surface area contributed by atoms with Crippen LogP contribution < -0.4 is 5.73 Å². The minimum Gasteiger partial charge on any atom is -0.457 e. The Hall–Kier alpha value is -2.30. The number of halogens is 4. The van der Waals surface area contributed by atoms with E-state index in [9.17, 15) is 22.8 Å². The zero-order valence-corrected chi connectivity index (χ0v) is 16.8. The summed E-state index contributed by atoms with van der Waals surface area (Å²) in [5.41, 5.74) is 4.31. The van der Waals surface area contributed by atoms with Gasteiger partial charge in [0.2, 0.25) is 5.91 Å². The van der Waals surface area contributed by atoms with Crippen molar-refractivity contribution in [2.24, 2.45) is 5.73 Å². The summed E-state index contributed by atoms with van der Waals surface area (Å²) in [6, 6.07) is 5.88. The number of amides is 2. The van der Waals surface area contributed by atoms with Gasteiger partial charge in [-0.3, -0.25) is 14.5 Å². The van der Waals surface area contributed by atoms with Gasteiger partial charge in [-0.1, -0.05) is 35.6 Å². The topological polar surface area (TPSA) is 76.5 Å². The van der Waals surface area contributed by atoms with Crippen molar-refractivity contribution in [1.82, 2.24) is 4.90 Å². The summed E-state index contributed by atoms with van der Waals surface area (Å²) in [4.78, 5) is 24.9. The summed E-state index contributed by atoms with van der Waals surface area (Å²) >= 11 is 12.2. The van der Waals surface area contributed by atoms with Crippen LogP contribution in [0.2, 0.25) is 5.02 Å². The first-order valence-corrected chi connectivity index (χ1v) is 9.67. The van der Waals surface area contributed by atoms with Gasteiger partial charge >= 0.3 is 6.18 Å². The van der Waals surface area contributed by atoms with Gasteiger partial charge in [0, 0.05) is 24.6 Å². The van der Waals surface area contributed by atoms with Gasteiger partial charge in [0.25, 0.3) is 5.91 Å². The molecule has 1 aromatic carbocycles. The van der Waals surface area contributed by atoms with Crippen LogP contribution >= 0.6 is 35.6 Å². The Balaban J connectivity index is 1.85. The molecule has 2 heterocycles. The van der Waals surface area contributed by atoms with E-state index in [2.05, 4.69) is 0 Å². The molecule has 1 fully saturated rings. The smallest absolute Gasteiger partial charge is 0.416 e. The summed E-state index contributed by atoms with van der Waals surface area (Å²) in [6.07, 6.45) is -3.12. The predicted molar refractivity (Wildman–Crippen MR) is 108 cm³/mol. The first kappa shape index (κ1) is 21.4. The van der Waals surface area contributed by atoms with Crippen LogP contribution in [0.3, 0.4) is 0 Å². The molecule has 152 valence electrons. The number of hydrogen-bond acceptors (Lipinski definition) is 5. The second-order valence-electron chi connectivity index (χ2n) is 5.94. The average molecular weight is 461 g/mol. The number of thioether (sulfide) groups is 1. The Bertz CT molecular complexity index is 1030. The second-order valence-corrected chi connectivity index (χ2v) is 8.03. The Kier molecular flexibility index (Phi) is 6.06. The van der Waals surface area contributed by atoms with Gasteiger partial charge in [0.05, 0.1) is 15.5 Å². The largest absolute Gasteiger partial charge is 0.457 e. The van der Waals surface area contributed by atoms with E-state index in [1.165, 1.54) is 23.1 Å². The number of primary amides is 1. The van der Waals surface area contributed by atoms with Gasteiger partial charge in [-0.15, -0.1) is 0 Å². The van der Waals surface area contributed by atoms with E-state index in [1.807, 2.05) is 0 Å². The van der Waals surface area contributed by atoms with Crippen LogP contribution in [0.5, 0.6) is 0 Å². The van der Waals surface area contributed by atoms with Crippen molar-refractivity contribution >= 4 is 57.8 Å². The zero-order valence-electron chi connectivity index (χ0n) is 14.5. The van der Waals surface area contributed by atoms with Crippen LogP contribution in [0.1, 0.15) is 17.7 Å². The molecule has 2 amide bonds. The molecule has 11 heteroatoms. The third kappa shape index (κ3) is 4.82. The summed E-state index contributed by atoms with van der Waals surface area (Å²) in [7, 11) is 0. The molecule has 0 radical (unpaired) electrons. The molecule has 1 aromatic heterocycles. The predicted octanol–water partition coefficient (Wildman–Crippen LogP) is 4.70. The highest BCUT2D eigenvalue weighted by atomic mass is 35.5. The molecule has 2 aromatic rings. The third-order valence-electron chi connectivity index (χ3n) is 3.91. The van der Waals surface area contributed by atoms with E-state index in [0.717, 1.165) is 30.0 Å². The van der Waals surface area contributed by atoms with Crippen molar-refractivity contribution < 1.29 is 27.2 Å². The van der Waals surface area contributed by atoms with Crippen LogP contribution in [-0.2, 0) is 15.8 Å². The Labute approximate surface area is 177 Å². The Morgan fingerprint density at radius 2 is 2.03 bits per heavy atom. The lowest BCUT2D eigenvalue weighted by Crippen LogP contribution is -2.31. The van der Waals surface area contributed by atoms with Gasteiger partial charge in [-0.25, -0.2) is 0 Å². The molecule has 29 heavy (non-hydrogen) atoms. The number of alkyl halides is 3. The molecule has 0 saturated carbocycles. The minimum absolute atomic E-state index is 0.0291. The number of carbonyl (C=O) groups excluding carboxylic acids is 2. The standard InChI is InChI=1S/C18H12ClF3N2O3S2/c19-12-3-1-9(18(20,21)22)7-11(12)13-4-2-10(27-13)8-14-16(26)24(17(28)29-14)6-5-15(23)25/h1-4,7-8H,5-6H2,(H2,23,25). The van der Waals surface area contributed by atoms with Crippen LogP contribution in [0, 0.1) is 0 Å². The number of hydrogen-bond donors (Lipinski definition) is 1. The number of furan rings is 1. The highest BCUT2D eigenvalue weighted by Crippen LogP contribution is 2.38. The van der Waals surface area contributed by atoms with Crippen LogP contribution in [-0.4, -0.2) is 27.6 Å². The molecule has 0 aliphatic carbocycles. The summed E-state index contributed by atoms with van der Waals surface area (Å²) < 4.78 is 44.7. The second kappa shape index (κ2) is 8.21. The summed E-state index contributed by atoms with van der Waals surface area (Å²) in [5.74, 6) is -0.603. The van der Waals surface area contributed by atoms with E-state index in [1.54, 1.807) is 0 Å². The molecule has 3 rings (SSSR count). The fraction of sp³-hybridized carbons (Fsp3) is 0.167. The van der Waals surface area contributed by atoms with Gasteiger partial charge in [0.1, 0.15) is 15.8 Å². The van der Waals surface area contributed by atoms with E-state index in [4.69, 9.17) is 34.0 Å². The quantitative estimate of drug-likeness (QED) is 0.517. The van der Waals surface area contributed by atoms with Crippen molar-refractivity contribution in [1.29, 1.82) is 0 Å². The van der Waals surface area contributed by atoms with Crippen LogP contribution in [0.15, 0.2) is 39.7 Å². The number of rotatable bonds is 5. The highest BCUT2D eigenvalue weighted by Gasteiger charge is 2.33. The highest BCUT2D eigenvalue weighted by molar-refractivity contribution is 8.26. The maximum atomic E-state index is 13.0. The zero-order chi connectivity index (χ0) is 21.3. The SMILES string of the molecule is NC(=O)CCN1C(=O)C(=Cc2ccc(-c3cc(C(F)(F)F)ccc3Cl)o2)SC1=S. The maximum absolute atomic E-state index is 13.0. The van der Waals surface area contributed by atoms with Gasteiger partial charge < -0.3 is 10.2 Å². The van der Waals surface area contributed by atoms with Crippen LogP contribution in [0.4, 0.5) is 13.2 Å². The van der Waals surface area contributed by atoms with E-state index < -0.39 is 23.6 Å². The number of thiocarbonyl (C=S) groups is 1. The molecule has 0 atom stereocenters. The summed E-state index contributed by atoms with van der Waals surface area (Å²) in [6.45, 7) is 0.0700. The lowest BCUT2D eigenvalue weighted by Gasteiger charge is -2.12. The molecular formula is C18H12ClF3N2O3S2. The number of benzene rings is 1. The van der Waals surface area contributed by atoms with Crippen LogP contribution in [0.25, 0.3) is 17.4 Å². The van der Waals surface area contributed by atoms with Crippen molar-refractivity contribution in [3.05, 3.63) is 51.6 Å². The van der Waals surface area contributed by atoms with Crippen molar-refractivity contribution in [2.45, 2.75) is 12.6 Å². The van der Waals surface area contributed by atoms with E-state index in [0.29, 0.717) is 0 Å². The normalized spacial score (nSPS) is 16.1. The number of nitrogens with zero attached hydrogens (tertiary/aromatic N) is 1. The molecule has 0 bridgehead atoms. The van der Waals surface area contributed by atoms with Gasteiger partial charge in [-0.2, -0.15) is 13.2 Å². The average Bonchev–Trinajstić information content (AvgIpc) is 3.18. The molecule has 1 aliphatic heterocycles. The monoisotopic (exact) mass is 460 g/mol. The lowest BCUT2D eigenvalue weighted by molar-refractivity contribution is -0.137. The molecule has 0 spiro atoms. The molecule has 1 aliphatic rings. The molecule has 5 nitrogen and oxygen atoms in total. The van der Waals surface area contributed by atoms with Crippen molar-refractivity contribution in [3.8, 4) is 11.3 Å². The molecule has 2 N–H and O–H groups in total. The Morgan fingerprint density at radius 1 is 1.31 bits per heavy atom. The molecular weight excluding hydrogens is 449 g/mol. The molecule has 1 saturated heterocycles. The van der Waals surface area contributed by atoms with E-state index >= 15 is 0 Å². The third-order valence-corrected chi connectivity index (χ3v) is 5.62. The summed E-state index contributed by atoms with van der Waals surface area (Å²) in [5, 5.41) is 0.0941. The minimum atomic E-state index is -4.52. The first-order valence-electron chi connectivity index (χ1n) is 8.07. The van der Waals surface area contributed by atoms with E-state index in [-0.39, 0.29) is 44.3 Å². The van der Waals surface area contributed by atoms with Crippen molar-refractivity contribution in [3.63, 3.8) is 0 Å². The maximum Gasteiger partial charge on any atom is 0.416 e. The molecule has 0 unspecified atom stereocenters. The Morgan fingerprint density at radius 3 is 2.69 bits per heavy atom. The fourth-order valence-electron chi connectivity index (χ4n) is 2.51. The lowest BCUT2D eigenvalue weighted by atomic mass is 10.1. The number of carbonyl (C=O) groups is 2. The van der Waals surface area contributed by atoms with Gasteiger partial charge in [-0.05, 0) is 30.3 Å².